The Hall–Kier alpha value is -1.62. The molecule has 1 amide bonds. The van der Waals surface area contributed by atoms with Gasteiger partial charge in [-0.2, -0.15) is 0 Å². The Morgan fingerprint density at radius 2 is 1.85 bits per heavy atom. The highest BCUT2D eigenvalue weighted by Crippen LogP contribution is 2.33. The number of aromatic nitrogens is 1. The molecular formula is C21H25BrN2O2. The van der Waals surface area contributed by atoms with Gasteiger partial charge >= 0.3 is 0 Å². The highest BCUT2D eigenvalue weighted by molar-refractivity contribution is 9.10. The van der Waals surface area contributed by atoms with Gasteiger partial charge in [0, 0.05) is 28.1 Å². The van der Waals surface area contributed by atoms with E-state index in [2.05, 4.69) is 38.8 Å². The molecule has 2 aliphatic rings. The maximum absolute atomic E-state index is 13.0. The van der Waals surface area contributed by atoms with Gasteiger partial charge in [0.1, 0.15) is 5.56 Å². The number of rotatable bonds is 2. The molecule has 1 saturated carbocycles. The van der Waals surface area contributed by atoms with Crippen LogP contribution in [0.25, 0.3) is 10.9 Å². The van der Waals surface area contributed by atoms with Crippen molar-refractivity contribution in [2.45, 2.75) is 70.4 Å². The van der Waals surface area contributed by atoms with E-state index in [1.54, 1.807) is 6.20 Å². The van der Waals surface area contributed by atoms with Crippen molar-refractivity contribution < 1.29 is 4.79 Å². The van der Waals surface area contributed by atoms with Crippen molar-refractivity contribution >= 4 is 32.7 Å². The van der Waals surface area contributed by atoms with Crippen LogP contribution in [0.3, 0.4) is 0 Å². The molecule has 1 N–H and O–H groups in total. The number of carbonyl (C=O) groups excluding carboxylic acids is 1. The lowest BCUT2D eigenvalue weighted by Crippen LogP contribution is -2.38. The first-order chi connectivity index (χ1) is 12.5. The second kappa shape index (κ2) is 7.18. The van der Waals surface area contributed by atoms with E-state index < -0.39 is 0 Å². The van der Waals surface area contributed by atoms with Gasteiger partial charge in [0.2, 0.25) is 5.43 Å². The van der Waals surface area contributed by atoms with E-state index in [1.165, 1.54) is 24.8 Å². The van der Waals surface area contributed by atoms with Gasteiger partial charge in [-0.3, -0.25) is 9.59 Å². The Morgan fingerprint density at radius 3 is 2.58 bits per heavy atom. The van der Waals surface area contributed by atoms with E-state index in [9.17, 15) is 9.59 Å². The summed E-state index contributed by atoms with van der Waals surface area (Å²) in [4.78, 5) is 25.9. The summed E-state index contributed by atoms with van der Waals surface area (Å²) < 4.78 is 3.00. The van der Waals surface area contributed by atoms with Crippen molar-refractivity contribution in [3.63, 3.8) is 0 Å². The second-order valence-electron chi connectivity index (χ2n) is 7.81. The smallest absolute Gasteiger partial charge is 0.256 e. The SMILES string of the molecule is C[C@@H]1Cc2cc(Br)cc3c(=O)c(C(=O)NC4CCCCCCC4)cn1c23. The van der Waals surface area contributed by atoms with Gasteiger partial charge in [-0.15, -0.1) is 0 Å². The van der Waals surface area contributed by atoms with Crippen LogP contribution in [0.2, 0.25) is 0 Å². The van der Waals surface area contributed by atoms with Crippen molar-refractivity contribution in [3.8, 4) is 0 Å². The number of benzene rings is 1. The van der Waals surface area contributed by atoms with Crippen molar-refractivity contribution in [2.24, 2.45) is 0 Å². The molecule has 4 rings (SSSR count). The van der Waals surface area contributed by atoms with Crippen LogP contribution in [0, 0.1) is 0 Å². The second-order valence-corrected chi connectivity index (χ2v) is 8.72. The number of carbonyl (C=O) groups is 1. The first-order valence-corrected chi connectivity index (χ1v) is 10.5. The first kappa shape index (κ1) is 17.8. The molecule has 0 unspecified atom stereocenters. The highest BCUT2D eigenvalue weighted by atomic mass is 79.9. The van der Waals surface area contributed by atoms with Crippen molar-refractivity contribution in [1.29, 1.82) is 0 Å². The van der Waals surface area contributed by atoms with Gasteiger partial charge in [-0.05, 0) is 43.9 Å². The van der Waals surface area contributed by atoms with E-state index in [1.807, 2.05) is 6.07 Å². The normalized spacial score (nSPS) is 20.8. The van der Waals surface area contributed by atoms with Crippen LogP contribution in [0.1, 0.15) is 73.8 Å². The van der Waals surface area contributed by atoms with E-state index in [4.69, 9.17) is 0 Å². The summed E-state index contributed by atoms with van der Waals surface area (Å²) in [6, 6.07) is 4.38. The minimum absolute atomic E-state index is 0.156. The molecular weight excluding hydrogens is 392 g/mol. The Balaban J connectivity index is 1.70. The van der Waals surface area contributed by atoms with E-state index >= 15 is 0 Å². The van der Waals surface area contributed by atoms with Crippen molar-refractivity contribution in [3.05, 3.63) is 44.2 Å². The molecule has 138 valence electrons. The molecule has 1 aromatic heterocycles. The van der Waals surface area contributed by atoms with Crippen LogP contribution < -0.4 is 10.7 Å². The Labute approximate surface area is 162 Å². The topological polar surface area (TPSA) is 51.1 Å². The molecule has 5 heteroatoms. The summed E-state index contributed by atoms with van der Waals surface area (Å²) in [5.74, 6) is -0.216. The molecule has 0 radical (unpaired) electrons. The quantitative estimate of drug-likeness (QED) is 0.769. The van der Waals surface area contributed by atoms with Crippen LogP contribution in [0.15, 0.2) is 27.6 Å². The maximum Gasteiger partial charge on any atom is 0.256 e. The zero-order valence-electron chi connectivity index (χ0n) is 15.2. The Kier molecular flexibility index (Phi) is 4.91. The van der Waals surface area contributed by atoms with E-state index in [0.717, 1.165) is 42.1 Å². The number of hydrogen-bond donors (Lipinski definition) is 1. The third kappa shape index (κ3) is 3.22. The van der Waals surface area contributed by atoms with Crippen molar-refractivity contribution in [1.82, 2.24) is 9.88 Å². The first-order valence-electron chi connectivity index (χ1n) is 9.72. The van der Waals surface area contributed by atoms with E-state index in [0.29, 0.717) is 5.39 Å². The van der Waals surface area contributed by atoms with Gasteiger partial charge < -0.3 is 9.88 Å². The summed E-state index contributed by atoms with van der Waals surface area (Å²) in [5, 5.41) is 3.78. The Morgan fingerprint density at radius 1 is 1.15 bits per heavy atom. The van der Waals surface area contributed by atoms with Gasteiger partial charge in [0.25, 0.3) is 5.91 Å². The van der Waals surface area contributed by atoms with Crippen LogP contribution in [0.5, 0.6) is 0 Å². The number of pyridine rings is 1. The van der Waals surface area contributed by atoms with Gasteiger partial charge in [-0.1, -0.05) is 48.0 Å². The van der Waals surface area contributed by atoms with Crippen LogP contribution >= 0.6 is 15.9 Å². The summed E-state index contributed by atoms with van der Waals surface area (Å²) in [6.45, 7) is 2.13. The zero-order chi connectivity index (χ0) is 18.3. The summed E-state index contributed by atoms with van der Waals surface area (Å²) in [7, 11) is 0. The van der Waals surface area contributed by atoms with E-state index in [-0.39, 0.29) is 29.0 Å². The van der Waals surface area contributed by atoms with Crippen LogP contribution in [-0.2, 0) is 6.42 Å². The molecule has 0 bridgehead atoms. The molecule has 4 nitrogen and oxygen atoms in total. The fourth-order valence-corrected chi connectivity index (χ4v) is 4.99. The lowest BCUT2D eigenvalue weighted by atomic mass is 9.96. The molecule has 0 spiro atoms. The van der Waals surface area contributed by atoms with Gasteiger partial charge in [0.15, 0.2) is 0 Å². The molecule has 1 aliphatic heterocycles. The summed E-state index contributed by atoms with van der Waals surface area (Å²) >= 11 is 3.51. The molecule has 1 aromatic carbocycles. The predicted octanol–water partition coefficient (Wildman–Crippen LogP) is 4.72. The summed E-state index contributed by atoms with van der Waals surface area (Å²) in [6.07, 6.45) is 10.8. The standard InChI is InChI=1S/C21H25BrN2O2/c1-13-9-14-10-15(22)11-17-19(14)24(13)12-18(20(17)25)21(26)23-16-7-5-3-2-4-6-8-16/h10-13,16H,2-9H2,1H3,(H,23,26)/t13-/m1/s1. The predicted molar refractivity (Wildman–Crippen MR) is 108 cm³/mol. The highest BCUT2D eigenvalue weighted by Gasteiger charge is 2.26. The minimum Gasteiger partial charge on any atom is -0.349 e. The van der Waals surface area contributed by atoms with Gasteiger partial charge in [0.05, 0.1) is 5.52 Å². The number of nitrogens with zero attached hydrogens (tertiary/aromatic N) is 1. The summed E-state index contributed by atoms with van der Waals surface area (Å²) in [5.41, 5.74) is 2.27. The molecule has 2 aromatic rings. The number of nitrogens with one attached hydrogen (secondary N) is 1. The third-order valence-electron chi connectivity index (χ3n) is 5.84. The molecule has 2 heterocycles. The third-order valence-corrected chi connectivity index (χ3v) is 6.30. The maximum atomic E-state index is 13.0. The van der Waals surface area contributed by atoms with Crippen LogP contribution in [0.4, 0.5) is 0 Å². The average molecular weight is 417 g/mol. The number of halogens is 1. The monoisotopic (exact) mass is 416 g/mol. The minimum atomic E-state index is -0.216. The number of amides is 1. The molecule has 1 atom stereocenters. The Bertz CT molecular complexity index is 910. The number of hydrogen-bond acceptors (Lipinski definition) is 2. The molecule has 1 aliphatic carbocycles. The van der Waals surface area contributed by atoms with Crippen LogP contribution in [-0.4, -0.2) is 16.5 Å². The largest absolute Gasteiger partial charge is 0.349 e. The van der Waals surface area contributed by atoms with Crippen molar-refractivity contribution in [2.75, 3.05) is 0 Å². The molecule has 26 heavy (non-hydrogen) atoms. The molecule has 1 fully saturated rings. The lowest BCUT2D eigenvalue weighted by molar-refractivity contribution is 0.0928. The zero-order valence-corrected chi connectivity index (χ0v) is 16.8. The fourth-order valence-electron chi connectivity index (χ4n) is 4.49. The average Bonchev–Trinajstić information content (AvgIpc) is 2.88. The molecule has 0 saturated heterocycles. The fraction of sp³-hybridized carbons (Fsp3) is 0.524. The van der Waals surface area contributed by atoms with Gasteiger partial charge in [-0.25, -0.2) is 0 Å². The lowest BCUT2D eigenvalue weighted by Gasteiger charge is -2.21.